The van der Waals surface area contributed by atoms with Crippen molar-refractivity contribution in [3.8, 4) is 11.5 Å². The second-order valence-corrected chi connectivity index (χ2v) is 10.3. The Morgan fingerprint density at radius 3 is 2.24 bits per heavy atom. The Hall–Kier alpha value is -3.56. The Labute approximate surface area is 234 Å². The topological polar surface area (TPSA) is 51.1 Å². The third kappa shape index (κ3) is 5.89. The van der Waals surface area contributed by atoms with Crippen molar-refractivity contribution in [2.24, 2.45) is 4.99 Å². The van der Waals surface area contributed by atoms with Gasteiger partial charge < -0.3 is 9.47 Å². The normalized spacial score (nSPS) is 15.4. The van der Waals surface area contributed by atoms with Crippen LogP contribution in [0.15, 0.2) is 113 Å². The zero-order valence-electron chi connectivity index (χ0n) is 20.0. The number of carbonyl (C=O) groups is 1. The van der Waals surface area contributed by atoms with Crippen LogP contribution in [0.1, 0.15) is 11.1 Å². The van der Waals surface area contributed by atoms with Crippen LogP contribution in [0.5, 0.6) is 11.5 Å². The first-order chi connectivity index (χ1) is 18.1. The zero-order chi connectivity index (χ0) is 25.6. The number of amides is 1. The fourth-order valence-corrected chi connectivity index (χ4v) is 5.59. The molecule has 4 aromatic carbocycles. The van der Waals surface area contributed by atoms with Gasteiger partial charge in [0.25, 0.3) is 5.91 Å². The molecule has 5 rings (SSSR count). The van der Waals surface area contributed by atoms with E-state index in [1.54, 1.807) is 12.0 Å². The molecule has 7 heteroatoms. The number of anilines is 1. The van der Waals surface area contributed by atoms with E-state index in [-0.39, 0.29) is 5.91 Å². The maximum absolute atomic E-state index is 13.6. The second-order valence-electron chi connectivity index (χ2n) is 8.13. The number of amidine groups is 1. The number of thioether (sulfide) groups is 1. The van der Waals surface area contributed by atoms with Crippen molar-refractivity contribution in [3.63, 3.8) is 0 Å². The molecule has 0 radical (unpaired) electrons. The smallest absolute Gasteiger partial charge is 0.271 e. The summed E-state index contributed by atoms with van der Waals surface area (Å²) in [4.78, 5) is 20.6. The van der Waals surface area contributed by atoms with E-state index in [9.17, 15) is 4.79 Å². The molecule has 1 saturated heterocycles. The van der Waals surface area contributed by atoms with E-state index in [1.807, 2.05) is 109 Å². The molecule has 0 unspecified atom stereocenters. The number of ether oxygens (including phenoxy) is 2. The lowest BCUT2D eigenvalue weighted by molar-refractivity contribution is -0.113. The van der Waals surface area contributed by atoms with Gasteiger partial charge in [-0.2, -0.15) is 0 Å². The molecular formula is C30H23IN2O3S. The monoisotopic (exact) mass is 618 g/mol. The molecule has 0 aliphatic carbocycles. The van der Waals surface area contributed by atoms with E-state index < -0.39 is 0 Å². The summed E-state index contributed by atoms with van der Waals surface area (Å²) in [5.41, 5.74) is 3.48. The van der Waals surface area contributed by atoms with E-state index in [2.05, 4.69) is 22.6 Å². The van der Waals surface area contributed by atoms with E-state index in [1.165, 1.54) is 11.8 Å². The lowest BCUT2D eigenvalue weighted by Crippen LogP contribution is -2.28. The van der Waals surface area contributed by atoms with Crippen molar-refractivity contribution in [2.45, 2.75) is 6.61 Å². The van der Waals surface area contributed by atoms with Gasteiger partial charge in [-0.05, 0) is 88.0 Å². The number of benzene rings is 4. The highest BCUT2D eigenvalue weighted by Crippen LogP contribution is 2.39. The highest BCUT2D eigenvalue weighted by molar-refractivity contribution is 14.1. The van der Waals surface area contributed by atoms with Gasteiger partial charge in [0.05, 0.1) is 27.0 Å². The molecule has 1 amide bonds. The summed E-state index contributed by atoms with van der Waals surface area (Å²) >= 11 is 3.60. The quantitative estimate of drug-likeness (QED) is 0.158. The average molecular weight is 618 g/mol. The molecule has 0 spiro atoms. The van der Waals surface area contributed by atoms with Crippen LogP contribution in [0.4, 0.5) is 11.4 Å². The van der Waals surface area contributed by atoms with Crippen molar-refractivity contribution in [2.75, 3.05) is 12.0 Å². The summed E-state index contributed by atoms with van der Waals surface area (Å²) in [6.45, 7) is 0.438. The fourth-order valence-electron chi connectivity index (χ4n) is 3.81. The standard InChI is InChI=1S/C30H23IN2O3S/c1-35-26-18-22(17-25(31)28(26)36-20-21-11-5-2-6-12-21)19-27-29(34)33(24-15-9-4-10-16-24)30(37-27)32-23-13-7-3-8-14-23/h2-19H,20H2,1H3. The molecule has 4 aromatic rings. The van der Waals surface area contributed by atoms with Crippen LogP contribution in [0.3, 0.4) is 0 Å². The van der Waals surface area contributed by atoms with Crippen LogP contribution in [0.25, 0.3) is 6.08 Å². The molecule has 0 bridgehead atoms. The molecule has 1 heterocycles. The highest BCUT2D eigenvalue weighted by atomic mass is 127. The highest BCUT2D eigenvalue weighted by Gasteiger charge is 2.34. The molecule has 0 saturated carbocycles. The van der Waals surface area contributed by atoms with Crippen LogP contribution in [0, 0.1) is 3.57 Å². The molecule has 1 aliphatic heterocycles. The van der Waals surface area contributed by atoms with Crippen LogP contribution in [0.2, 0.25) is 0 Å². The molecule has 37 heavy (non-hydrogen) atoms. The van der Waals surface area contributed by atoms with Crippen LogP contribution in [-0.2, 0) is 11.4 Å². The van der Waals surface area contributed by atoms with Crippen LogP contribution >= 0.6 is 34.4 Å². The summed E-state index contributed by atoms with van der Waals surface area (Å²) in [6, 6.07) is 33.1. The summed E-state index contributed by atoms with van der Waals surface area (Å²) < 4.78 is 12.6. The molecule has 5 nitrogen and oxygen atoms in total. The fraction of sp³-hybridized carbons (Fsp3) is 0.0667. The van der Waals surface area contributed by atoms with E-state index in [0.29, 0.717) is 28.2 Å². The lowest BCUT2D eigenvalue weighted by Gasteiger charge is -2.15. The minimum atomic E-state index is -0.121. The molecule has 0 N–H and O–H groups in total. The number of rotatable bonds is 7. The minimum Gasteiger partial charge on any atom is -0.493 e. The third-order valence-corrected chi connectivity index (χ3v) is 7.35. The van der Waals surface area contributed by atoms with Crippen molar-refractivity contribution in [1.29, 1.82) is 0 Å². The number of nitrogens with zero attached hydrogens (tertiary/aromatic N) is 2. The van der Waals surface area contributed by atoms with Gasteiger partial charge in [0.2, 0.25) is 0 Å². The van der Waals surface area contributed by atoms with Gasteiger partial charge >= 0.3 is 0 Å². The Bertz CT molecular complexity index is 1460. The van der Waals surface area contributed by atoms with Crippen molar-refractivity contribution in [1.82, 2.24) is 0 Å². The summed E-state index contributed by atoms with van der Waals surface area (Å²) in [6.07, 6.45) is 1.88. The second kappa shape index (κ2) is 11.7. The number of methoxy groups -OCH3 is 1. The first-order valence-corrected chi connectivity index (χ1v) is 13.5. The van der Waals surface area contributed by atoms with Gasteiger partial charge in [0, 0.05) is 0 Å². The number of carbonyl (C=O) groups excluding carboxylic acids is 1. The Balaban J connectivity index is 1.47. The van der Waals surface area contributed by atoms with Gasteiger partial charge in [0.1, 0.15) is 6.61 Å². The van der Waals surface area contributed by atoms with Gasteiger partial charge in [-0.25, -0.2) is 4.99 Å². The summed E-state index contributed by atoms with van der Waals surface area (Å²) in [5, 5.41) is 0.609. The molecule has 1 aliphatic rings. The number of para-hydroxylation sites is 2. The van der Waals surface area contributed by atoms with E-state index >= 15 is 0 Å². The SMILES string of the molecule is COc1cc(C=C2SC(=Nc3ccccc3)N(c3ccccc3)C2=O)cc(I)c1OCc1ccccc1. The Morgan fingerprint density at radius 1 is 0.919 bits per heavy atom. The Morgan fingerprint density at radius 2 is 1.57 bits per heavy atom. The maximum atomic E-state index is 13.6. The lowest BCUT2D eigenvalue weighted by atomic mass is 10.1. The number of halogens is 1. The molecular weight excluding hydrogens is 595 g/mol. The third-order valence-electron chi connectivity index (χ3n) is 5.58. The molecule has 184 valence electrons. The van der Waals surface area contributed by atoms with Gasteiger partial charge in [-0.1, -0.05) is 66.7 Å². The van der Waals surface area contributed by atoms with E-state index in [4.69, 9.17) is 14.5 Å². The van der Waals surface area contributed by atoms with Crippen molar-refractivity contribution < 1.29 is 14.3 Å². The molecule has 1 fully saturated rings. The average Bonchev–Trinajstić information content (AvgIpc) is 3.23. The summed E-state index contributed by atoms with van der Waals surface area (Å²) in [7, 11) is 1.62. The number of hydrogen-bond donors (Lipinski definition) is 0. The van der Waals surface area contributed by atoms with Crippen LogP contribution in [-0.4, -0.2) is 18.2 Å². The van der Waals surface area contributed by atoms with Crippen LogP contribution < -0.4 is 14.4 Å². The van der Waals surface area contributed by atoms with E-state index in [0.717, 1.165) is 26.1 Å². The van der Waals surface area contributed by atoms with Crippen molar-refractivity contribution in [3.05, 3.63) is 123 Å². The number of hydrogen-bond acceptors (Lipinski definition) is 5. The first kappa shape index (κ1) is 25.1. The van der Waals surface area contributed by atoms with Crippen molar-refractivity contribution >= 4 is 62.9 Å². The van der Waals surface area contributed by atoms with Gasteiger partial charge in [-0.15, -0.1) is 0 Å². The van der Waals surface area contributed by atoms with Gasteiger partial charge in [-0.3, -0.25) is 9.69 Å². The maximum Gasteiger partial charge on any atom is 0.271 e. The minimum absolute atomic E-state index is 0.121. The number of aliphatic imine (C=N–C) groups is 1. The first-order valence-electron chi connectivity index (χ1n) is 11.6. The largest absolute Gasteiger partial charge is 0.493 e. The van der Waals surface area contributed by atoms with Gasteiger partial charge in [0.15, 0.2) is 16.7 Å². The molecule has 0 atom stereocenters. The summed E-state index contributed by atoms with van der Waals surface area (Å²) in [5.74, 6) is 1.17. The molecule has 0 aromatic heterocycles. The predicted molar refractivity (Wildman–Crippen MR) is 160 cm³/mol. The predicted octanol–water partition coefficient (Wildman–Crippen LogP) is 7.69. The Kier molecular flexibility index (Phi) is 7.91. The zero-order valence-corrected chi connectivity index (χ0v) is 23.0.